The van der Waals surface area contributed by atoms with E-state index in [-0.39, 0.29) is 0 Å². The van der Waals surface area contributed by atoms with E-state index in [1.807, 2.05) is 54.4 Å². The summed E-state index contributed by atoms with van der Waals surface area (Å²) >= 11 is 4.96. The highest BCUT2D eigenvalue weighted by Gasteiger charge is 2.06. The van der Waals surface area contributed by atoms with E-state index in [2.05, 4.69) is 4.98 Å². The Morgan fingerprint density at radius 1 is 1.24 bits per heavy atom. The first-order chi connectivity index (χ1) is 8.18. The molecule has 0 aliphatic heterocycles. The molecule has 0 fully saturated rings. The van der Waals surface area contributed by atoms with Crippen molar-refractivity contribution >= 4 is 28.7 Å². The molecular formula is C13H13N3S. The minimum atomic E-state index is 0.384. The fraction of sp³-hybridized carbons (Fsp3) is 0.0769. The largest absolute Gasteiger partial charge is 0.389 e. The van der Waals surface area contributed by atoms with Crippen LogP contribution in [0.4, 0.5) is 11.5 Å². The normalized spacial score (nSPS) is 9.94. The van der Waals surface area contributed by atoms with Crippen LogP contribution in [0.2, 0.25) is 0 Å². The summed E-state index contributed by atoms with van der Waals surface area (Å²) in [5, 5.41) is 0. The van der Waals surface area contributed by atoms with Crippen molar-refractivity contribution in [2.24, 2.45) is 5.73 Å². The van der Waals surface area contributed by atoms with E-state index in [0.29, 0.717) is 4.99 Å². The first-order valence-corrected chi connectivity index (χ1v) is 5.64. The van der Waals surface area contributed by atoms with Gasteiger partial charge in [-0.1, -0.05) is 30.4 Å². The third-order valence-electron chi connectivity index (χ3n) is 2.52. The van der Waals surface area contributed by atoms with Gasteiger partial charge in [0, 0.05) is 24.5 Å². The molecule has 17 heavy (non-hydrogen) atoms. The molecule has 0 aliphatic rings. The van der Waals surface area contributed by atoms with Crippen LogP contribution in [0.3, 0.4) is 0 Å². The fourth-order valence-electron chi connectivity index (χ4n) is 1.54. The van der Waals surface area contributed by atoms with Crippen molar-refractivity contribution in [3.8, 4) is 0 Å². The van der Waals surface area contributed by atoms with Crippen LogP contribution in [0.15, 0.2) is 48.7 Å². The Bertz CT molecular complexity index is 525. The second-order valence-corrected chi connectivity index (χ2v) is 4.10. The van der Waals surface area contributed by atoms with Crippen molar-refractivity contribution < 1.29 is 0 Å². The first kappa shape index (κ1) is 11.5. The van der Waals surface area contributed by atoms with Gasteiger partial charge in [0.15, 0.2) is 0 Å². The minimum absolute atomic E-state index is 0.384. The van der Waals surface area contributed by atoms with E-state index >= 15 is 0 Å². The monoisotopic (exact) mass is 243 g/mol. The van der Waals surface area contributed by atoms with Gasteiger partial charge in [-0.2, -0.15) is 0 Å². The molecule has 1 heterocycles. The predicted molar refractivity (Wildman–Crippen MR) is 74.6 cm³/mol. The van der Waals surface area contributed by atoms with Crippen LogP contribution in [0.25, 0.3) is 0 Å². The van der Waals surface area contributed by atoms with Gasteiger partial charge in [-0.05, 0) is 24.3 Å². The molecule has 2 N–H and O–H groups in total. The first-order valence-electron chi connectivity index (χ1n) is 5.23. The molecule has 86 valence electrons. The zero-order chi connectivity index (χ0) is 12.3. The van der Waals surface area contributed by atoms with Crippen LogP contribution in [0.1, 0.15) is 5.56 Å². The fourth-order valence-corrected chi connectivity index (χ4v) is 1.67. The van der Waals surface area contributed by atoms with Gasteiger partial charge in [0.25, 0.3) is 0 Å². The van der Waals surface area contributed by atoms with E-state index < -0.39 is 0 Å². The maximum absolute atomic E-state index is 5.61. The highest BCUT2D eigenvalue weighted by Crippen LogP contribution is 2.21. The van der Waals surface area contributed by atoms with Crippen molar-refractivity contribution in [1.82, 2.24) is 4.98 Å². The molecule has 0 saturated heterocycles. The number of nitrogens with two attached hydrogens (primary N) is 1. The summed E-state index contributed by atoms with van der Waals surface area (Å²) in [6.45, 7) is 0. The number of thiocarbonyl (C=S) groups is 1. The molecule has 0 bridgehead atoms. The number of anilines is 2. The lowest BCUT2D eigenvalue weighted by molar-refractivity contribution is 1.13. The molecule has 2 aromatic rings. The molecule has 0 spiro atoms. The van der Waals surface area contributed by atoms with Gasteiger partial charge in [0.1, 0.15) is 10.8 Å². The Balaban J connectivity index is 2.34. The third kappa shape index (κ3) is 2.60. The van der Waals surface area contributed by atoms with Gasteiger partial charge in [-0.25, -0.2) is 4.98 Å². The summed E-state index contributed by atoms with van der Waals surface area (Å²) in [6, 6.07) is 13.7. The topological polar surface area (TPSA) is 42.1 Å². The summed E-state index contributed by atoms with van der Waals surface area (Å²) in [4.78, 5) is 6.68. The maximum atomic E-state index is 5.61. The summed E-state index contributed by atoms with van der Waals surface area (Å²) in [6.07, 6.45) is 1.71. The number of hydrogen-bond acceptors (Lipinski definition) is 3. The maximum Gasteiger partial charge on any atom is 0.133 e. The van der Waals surface area contributed by atoms with E-state index in [4.69, 9.17) is 18.0 Å². The van der Waals surface area contributed by atoms with Gasteiger partial charge in [0.2, 0.25) is 0 Å². The van der Waals surface area contributed by atoms with Gasteiger partial charge >= 0.3 is 0 Å². The van der Waals surface area contributed by atoms with E-state index in [1.165, 1.54) is 0 Å². The van der Waals surface area contributed by atoms with Gasteiger partial charge in [-0.3, -0.25) is 0 Å². The van der Waals surface area contributed by atoms with Crippen molar-refractivity contribution in [3.63, 3.8) is 0 Å². The molecule has 0 unspecified atom stereocenters. The van der Waals surface area contributed by atoms with Gasteiger partial charge < -0.3 is 10.6 Å². The van der Waals surface area contributed by atoms with Crippen molar-refractivity contribution in [3.05, 3.63) is 54.2 Å². The quantitative estimate of drug-likeness (QED) is 0.841. The number of pyridine rings is 1. The Labute approximate surface area is 106 Å². The predicted octanol–water partition coefficient (Wildman–Crippen LogP) is 2.48. The molecule has 0 radical (unpaired) electrons. The molecule has 1 aromatic heterocycles. The zero-order valence-corrected chi connectivity index (χ0v) is 10.3. The number of rotatable bonds is 3. The van der Waals surface area contributed by atoms with Crippen LogP contribution < -0.4 is 10.6 Å². The highest BCUT2D eigenvalue weighted by atomic mass is 32.1. The number of benzene rings is 1. The third-order valence-corrected chi connectivity index (χ3v) is 2.75. The Kier molecular flexibility index (Phi) is 3.35. The number of para-hydroxylation sites is 1. The molecule has 2 rings (SSSR count). The molecule has 1 aromatic carbocycles. The van der Waals surface area contributed by atoms with Gasteiger partial charge in [0.05, 0.1) is 0 Å². The van der Waals surface area contributed by atoms with Gasteiger partial charge in [-0.15, -0.1) is 0 Å². The second kappa shape index (κ2) is 4.93. The standard InChI is InChI=1S/C13H13N3S/c1-16(11-5-3-2-4-6-11)12-9-10(13(14)17)7-8-15-12/h2-9H,1H3,(H2,14,17). The average molecular weight is 243 g/mol. The summed E-state index contributed by atoms with van der Waals surface area (Å²) in [7, 11) is 1.96. The molecule has 4 heteroatoms. The molecular weight excluding hydrogens is 230 g/mol. The van der Waals surface area contributed by atoms with Crippen LogP contribution in [-0.2, 0) is 0 Å². The molecule has 0 aliphatic carbocycles. The highest BCUT2D eigenvalue weighted by molar-refractivity contribution is 7.80. The Morgan fingerprint density at radius 3 is 2.59 bits per heavy atom. The minimum Gasteiger partial charge on any atom is -0.389 e. The van der Waals surface area contributed by atoms with E-state index in [1.54, 1.807) is 6.20 Å². The van der Waals surface area contributed by atoms with E-state index in [0.717, 1.165) is 17.1 Å². The SMILES string of the molecule is CN(c1ccccc1)c1cc(C(N)=S)ccn1. The Hall–Kier alpha value is -1.94. The molecule has 0 saturated carbocycles. The van der Waals surface area contributed by atoms with Crippen molar-refractivity contribution in [2.75, 3.05) is 11.9 Å². The lowest BCUT2D eigenvalue weighted by atomic mass is 10.2. The molecule has 0 amide bonds. The van der Waals surface area contributed by atoms with Crippen molar-refractivity contribution in [2.45, 2.75) is 0 Å². The lowest BCUT2D eigenvalue weighted by Crippen LogP contribution is -2.14. The second-order valence-electron chi connectivity index (χ2n) is 3.66. The molecule has 0 atom stereocenters. The van der Waals surface area contributed by atoms with Crippen LogP contribution in [0.5, 0.6) is 0 Å². The summed E-state index contributed by atoms with van der Waals surface area (Å²) in [5.74, 6) is 0.821. The number of hydrogen-bond donors (Lipinski definition) is 1. The smallest absolute Gasteiger partial charge is 0.133 e. The zero-order valence-electron chi connectivity index (χ0n) is 9.50. The van der Waals surface area contributed by atoms with Crippen molar-refractivity contribution in [1.29, 1.82) is 0 Å². The molecule has 3 nitrogen and oxygen atoms in total. The van der Waals surface area contributed by atoms with Crippen LogP contribution >= 0.6 is 12.2 Å². The summed E-state index contributed by atoms with van der Waals surface area (Å²) < 4.78 is 0. The number of aromatic nitrogens is 1. The Morgan fingerprint density at radius 2 is 1.94 bits per heavy atom. The average Bonchev–Trinajstić information content (AvgIpc) is 2.39. The number of nitrogens with zero attached hydrogens (tertiary/aromatic N) is 2. The lowest BCUT2D eigenvalue weighted by Gasteiger charge is -2.18. The van der Waals surface area contributed by atoms with Crippen LogP contribution in [-0.4, -0.2) is 17.0 Å². The van der Waals surface area contributed by atoms with E-state index in [9.17, 15) is 0 Å². The van der Waals surface area contributed by atoms with Crippen LogP contribution in [0, 0.1) is 0 Å². The summed E-state index contributed by atoms with van der Waals surface area (Å²) in [5.41, 5.74) is 7.50.